The molecule has 4 aromatic carbocycles. The number of nitrogens with zero attached hydrogens (tertiary/aromatic N) is 8. The van der Waals surface area contributed by atoms with E-state index in [4.69, 9.17) is 58.2 Å². The highest BCUT2D eigenvalue weighted by Crippen LogP contribution is 2.40. The molecular formula is C59H66N18O14. The van der Waals surface area contributed by atoms with Crippen LogP contribution < -0.4 is 69.3 Å². The molecule has 0 saturated carbocycles. The number of aromatic nitrogens is 9. The summed E-state index contributed by atoms with van der Waals surface area (Å²) in [6.45, 7) is 2.93. The van der Waals surface area contributed by atoms with Crippen LogP contribution in [-0.4, -0.2) is 141 Å². The van der Waals surface area contributed by atoms with Crippen molar-refractivity contribution in [1.29, 1.82) is 0 Å². The number of carbonyl (C=O) groups is 6. The third-order valence-corrected chi connectivity index (χ3v) is 14.0. The number of aryl methyl sites for hydroxylation is 3. The molecule has 0 bridgehead atoms. The molecule has 0 unspecified atom stereocenters. The van der Waals surface area contributed by atoms with Gasteiger partial charge in [-0.05, 0) is 97.3 Å². The first-order chi connectivity index (χ1) is 43.4. The summed E-state index contributed by atoms with van der Waals surface area (Å²) >= 11 is 0. The van der Waals surface area contributed by atoms with E-state index in [1.807, 2.05) is 43.1 Å². The number of nitrogens with two attached hydrogens (primary N) is 5. The Morgan fingerprint density at radius 3 is 1.79 bits per heavy atom. The van der Waals surface area contributed by atoms with Crippen LogP contribution in [0.4, 0.5) is 40.9 Å². The number of carbonyl (C=O) groups excluding carboxylic acids is 2. The van der Waals surface area contributed by atoms with Crippen molar-refractivity contribution >= 4 is 110 Å². The third-order valence-electron chi connectivity index (χ3n) is 14.0. The molecule has 2 amide bonds. The molecule has 0 aliphatic rings. The average molecular weight is 1250 g/mol. The van der Waals surface area contributed by atoms with E-state index < -0.39 is 53.3 Å². The summed E-state index contributed by atoms with van der Waals surface area (Å²) in [4.78, 5) is 117. The number of carboxylic acids is 4. The summed E-state index contributed by atoms with van der Waals surface area (Å²) < 4.78 is 16.1. The number of anilines is 7. The number of rotatable bonds is 24. The zero-order valence-corrected chi connectivity index (χ0v) is 49.7. The number of aromatic amines is 2. The van der Waals surface area contributed by atoms with Crippen LogP contribution in [0.1, 0.15) is 74.3 Å². The van der Waals surface area contributed by atoms with Gasteiger partial charge in [0.25, 0.3) is 17.4 Å². The van der Waals surface area contributed by atoms with Gasteiger partial charge in [-0.25, -0.2) is 24.5 Å². The fourth-order valence-electron chi connectivity index (χ4n) is 9.28. The molecule has 19 N–H and O–H groups in total. The maximum atomic E-state index is 12.4. The first kappa shape index (κ1) is 66.4. The lowest BCUT2D eigenvalue weighted by molar-refractivity contribution is -0.142. The number of aliphatic carboxylic acids is 4. The number of amides is 2. The van der Waals surface area contributed by atoms with Crippen molar-refractivity contribution in [2.75, 3.05) is 67.3 Å². The van der Waals surface area contributed by atoms with E-state index in [9.17, 15) is 38.7 Å². The van der Waals surface area contributed by atoms with Gasteiger partial charge >= 0.3 is 23.9 Å². The fraction of sp³-hybridized carbons (Fsp3) is 0.254. The summed E-state index contributed by atoms with van der Waals surface area (Å²) in [5.74, 6) is -3.64. The summed E-state index contributed by atoms with van der Waals surface area (Å²) in [6, 6.07) is 18.1. The van der Waals surface area contributed by atoms with Crippen LogP contribution >= 0.6 is 0 Å². The Bertz CT molecular complexity index is 4200. The number of fused-ring (bicyclic) bond motifs is 3. The van der Waals surface area contributed by atoms with Gasteiger partial charge < -0.3 is 94.1 Å². The SMILES string of the molecule is CN(Cc1cnc2nc(N)nc(N)c2n1)c1ccc(C(=O)N[C@@H](CCC(=O)O)C(=O)O)cc1.COc1cc(NCc2ccc3nc(N)nc(N)c3c2C)cc(OC)c1OC.Nc1nc(=O)c2c(CCc3ccc(C(=O)N[C@@H](CCC(=O)O)C(=O)O)cc3)c[nH]c2[nH]1. The van der Waals surface area contributed by atoms with Gasteiger partial charge in [0.05, 0.1) is 50.7 Å². The van der Waals surface area contributed by atoms with Gasteiger partial charge in [0.15, 0.2) is 28.5 Å². The number of ether oxygens (including phenoxy) is 3. The average Bonchev–Trinajstić information content (AvgIpc) is 1.64. The summed E-state index contributed by atoms with van der Waals surface area (Å²) in [5.41, 5.74) is 36.6. The lowest BCUT2D eigenvalue weighted by Crippen LogP contribution is -2.41. The van der Waals surface area contributed by atoms with Crippen molar-refractivity contribution < 1.29 is 63.4 Å². The quantitative estimate of drug-likeness (QED) is 0.0410. The Hall–Kier alpha value is -12.1. The van der Waals surface area contributed by atoms with Crippen molar-refractivity contribution in [3.63, 3.8) is 0 Å². The van der Waals surface area contributed by atoms with Crippen molar-refractivity contribution in [1.82, 2.24) is 55.5 Å². The Labute approximate surface area is 516 Å². The lowest BCUT2D eigenvalue weighted by Gasteiger charge is -2.19. The first-order valence-corrected chi connectivity index (χ1v) is 27.5. The largest absolute Gasteiger partial charge is 0.493 e. The number of benzene rings is 4. The molecule has 0 fully saturated rings. The van der Waals surface area contributed by atoms with Crippen LogP contribution in [-0.2, 0) is 45.1 Å². The van der Waals surface area contributed by atoms with Gasteiger partial charge in [0.1, 0.15) is 23.5 Å². The molecule has 9 rings (SSSR count). The number of hydrogen-bond acceptors (Lipinski definition) is 24. The normalized spacial score (nSPS) is 11.4. The van der Waals surface area contributed by atoms with Crippen LogP contribution in [0.25, 0.3) is 33.1 Å². The molecule has 476 valence electrons. The number of nitrogens with one attached hydrogen (secondary N) is 5. The summed E-state index contributed by atoms with van der Waals surface area (Å²) in [7, 11) is 6.56. The molecule has 32 heteroatoms. The molecule has 0 spiro atoms. The van der Waals surface area contributed by atoms with Gasteiger partial charge in [-0.15, -0.1) is 0 Å². The van der Waals surface area contributed by atoms with Crippen LogP contribution in [0.2, 0.25) is 0 Å². The highest BCUT2D eigenvalue weighted by Gasteiger charge is 2.24. The number of methoxy groups -OCH3 is 3. The standard InChI is InChI=1S/C20H22N8O5.C20H21N5O6.C19H23N5O3/c1-28(9-11-8-23-17-15(24-11)16(21)26-20(22)27-17)12-4-2-10(3-5-12)18(31)25-13(19(32)33)6-7-14(29)30;21-20-24-16-15(18(29)25-20)12(9-22-16)6-3-10-1-4-11(5-2-10)17(28)23-13(19(30)31)7-8-14(26)27;1-10-11(5-6-13-16(10)18(20)24-19(21)23-13)9-22-12-7-14(25-2)17(27-4)15(8-12)26-3/h2-5,8,13H,6-7,9H2,1H3,(H,25,31)(H,29,30)(H,32,33)(H4,21,22,23,26,27);1-2,4-5,9,13H,3,6-8H2,(H,23,28)(H,26,27)(H,30,31)(H4,21,22,24,25,29);5-8,22H,9H2,1-4H3,(H4,20,21,23,24)/t2*13-;/m00./s1. The maximum absolute atomic E-state index is 12.4. The van der Waals surface area contributed by atoms with Crippen molar-refractivity contribution in [2.45, 2.75) is 70.6 Å². The second-order valence-electron chi connectivity index (χ2n) is 20.2. The number of H-pyrrole nitrogens is 2. The Morgan fingerprint density at radius 1 is 0.659 bits per heavy atom. The minimum atomic E-state index is -1.30. The summed E-state index contributed by atoms with van der Waals surface area (Å²) in [6.07, 6.45) is 3.25. The number of hydrogen-bond donors (Lipinski definition) is 14. The number of nitrogen functional groups attached to an aromatic ring is 5. The molecule has 9 aromatic rings. The van der Waals surface area contributed by atoms with E-state index in [2.05, 4.69) is 60.8 Å². The molecule has 0 aliphatic heterocycles. The van der Waals surface area contributed by atoms with E-state index in [1.54, 1.807) is 70.1 Å². The van der Waals surface area contributed by atoms with Gasteiger partial charge in [0, 0.05) is 72.7 Å². The van der Waals surface area contributed by atoms with Crippen molar-refractivity contribution in [2.24, 2.45) is 0 Å². The summed E-state index contributed by atoms with van der Waals surface area (Å²) in [5, 5.41) is 45.1. The monoisotopic (exact) mass is 1250 g/mol. The second kappa shape index (κ2) is 30.0. The predicted molar refractivity (Wildman–Crippen MR) is 336 cm³/mol. The molecule has 5 aromatic heterocycles. The Balaban J connectivity index is 0.000000195. The Morgan fingerprint density at radius 2 is 1.23 bits per heavy atom. The van der Waals surface area contributed by atoms with Gasteiger partial charge in [-0.3, -0.25) is 24.0 Å². The van der Waals surface area contributed by atoms with Crippen LogP contribution in [0.5, 0.6) is 17.2 Å². The Kier molecular flexibility index (Phi) is 21.9. The zero-order valence-electron chi connectivity index (χ0n) is 49.7. The van der Waals surface area contributed by atoms with Gasteiger partial charge in [-0.1, -0.05) is 18.2 Å². The zero-order chi connectivity index (χ0) is 66.2. The van der Waals surface area contributed by atoms with Crippen LogP contribution in [0.15, 0.2) is 90.0 Å². The van der Waals surface area contributed by atoms with E-state index in [-0.39, 0.29) is 60.5 Å². The molecule has 2 atom stereocenters. The van der Waals surface area contributed by atoms with Gasteiger partial charge in [0.2, 0.25) is 23.6 Å². The molecule has 0 saturated heterocycles. The third kappa shape index (κ3) is 17.3. The molecule has 0 radical (unpaired) electrons. The van der Waals surface area contributed by atoms with E-state index >= 15 is 0 Å². The minimum absolute atomic E-state index is 0.0138. The number of carboxylic acid groups (broad SMARTS) is 4. The van der Waals surface area contributed by atoms with Crippen molar-refractivity contribution in [3.05, 3.63) is 135 Å². The van der Waals surface area contributed by atoms with E-state index in [0.717, 1.165) is 44.5 Å². The van der Waals surface area contributed by atoms with Crippen LogP contribution in [0.3, 0.4) is 0 Å². The fourth-order valence-corrected chi connectivity index (χ4v) is 9.28. The smallest absolute Gasteiger partial charge is 0.326 e. The lowest BCUT2D eigenvalue weighted by atomic mass is 10.0. The van der Waals surface area contributed by atoms with E-state index in [0.29, 0.717) is 76.9 Å². The second-order valence-corrected chi connectivity index (χ2v) is 20.2. The first-order valence-electron chi connectivity index (χ1n) is 27.5. The molecule has 91 heavy (non-hydrogen) atoms. The highest BCUT2D eigenvalue weighted by molar-refractivity contribution is 5.98. The topological polar surface area (TPSA) is 519 Å². The maximum Gasteiger partial charge on any atom is 0.326 e. The van der Waals surface area contributed by atoms with Crippen LogP contribution in [0, 0.1) is 6.92 Å². The molecule has 5 heterocycles. The van der Waals surface area contributed by atoms with Gasteiger partial charge in [-0.2, -0.15) is 19.9 Å². The molecule has 32 nitrogen and oxygen atoms in total. The predicted octanol–water partition coefficient (Wildman–Crippen LogP) is 3.68. The van der Waals surface area contributed by atoms with Crippen molar-refractivity contribution in [3.8, 4) is 17.2 Å². The highest BCUT2D eigenvalue weighted by atomic mass is 16.5. The molecular weight excluding hydrogens is 1180 g/mol. The van der Waals surface area contributed by atoms with E-state index in [1.165, 1.54) is 12.1 Å². The minimum Gasteiger partial charge on any atom is -0.493 e. The molecule has 0 aliphatic carbocycles.